The molecule has 0 spiro atoms. The van der Waals surface area contributed by atoms with Gasteiger partial charge in [-0.2, -0.15) is 0 Å². The highest BCUT2D eigenvalue weighted by Gasteiger charge is 2.38. The number of anilines is 1. The molecule has 2 aromatic carbocycles. The van der Waals surface area contributed by atoms with Crippen LogP contribution < -0.4 is 15.0 Å². The summed E-state index contributed by atoms with van der Waals surface area (Å²) in [5, 5.41) is 3.11. The van der Waals surface area contributed by atoms with Gasteiger partial charge >= 0.3 is 6.03 Å². The zero-order valence-electron chi connectivity index (χ0n) is 15.5. The topological polar surface area (TPSA) is 41.6 Å². The van der Waals surface area contributed by atoms with Crippen LogP contribution in [0.3, 0.4) is 0 Å². The zero-order valence-corrected chi connectivity index (χ0v) is 15.5. The standard InChI is InChI=1S/C22H26N2O2/c1-3-8-18-17(15-9-6-5-7-10-15)13-14-19-21(18)26-20(4-2)24(19)22(25)23-16-11-12-16/h5-7,9-10,13-14,16,20H,3-4,8,11-12H2,1-2H3,(H,23,25). The quantitative estimate of drug-likeness (QED) is 0.814. The third kappa shape index (κ3) is 3.05. The van der Waals surface area contributed by atoms with Gasteiger partial charge < -0.3 is 10.1 Å². The van der Waals surface area contributed by atoms with Crippen molar-refractivity contribution in [2.24, 2.45) is 0 Å². The normalized spacial score (nSPS) is 18.4. The highest BCUT2D eigenvalue weighted by Crippen LogP contribution is 2.45. The molecule has 136 valence electrons. The lowest BCUT2D eigenvalue weighted by Crippen LogP contribution is -2.46. The maximum Gasteiger partial charge on any atom is 0.325 e. The summed E-state index contributed by atoms with van der Waals surface area (Å²) >= 11 is 0. The lowest BCUT2D eigenvalue weighted by Gasteiger charge is -2.22. The van der Waals surface area contributed by atoms with Crippen molar-refractivity contribution >= 4 is 11.7 Å². The zero-order chi connectivity index (χ0) is 18.1. The van der Waals surface area contributed by atoms with Crippen LogP contribution in [0.25, 0.3) is 11.1 Å². The molecular formula is C22H26N2O2. The van der Waals surface area contributed by atoms with Crippen LogP contribution >= 0.6 is 0 Å². The number of nitrogens with zero attached hydrogens (tertiary/aromatic N) is 1. The second-order valence-corrected chi connectivity index (χ2v) is 7.13. The number of nitrogens with one attached hydrogen (secondary N) is 1. The Morgan fingerprint density at radius 3 is 2.58 bits per heavy atom. The molecule has 0 aromatic heterocycles. The Morgan fingerprint density at radius 1 is 1.15 bits per heavy atom. The first-order valence-electron chi connectivity index (χ1n) is 9.70. The second-order valence-electron chi connectivity index (χ2n) is 7.13. The van der Waals surface area contributed by atoms with Crippen molar-refractivity contribution in [2.45, 2.75) is 58.2 Å². The smallest absolute Gasteiger partial charge is 0.325 e. The molecule has 2 aliphatic rings. The van der Waals surface area contributed by atoms with Crippen molar-refractivity contribution in [3.63, 3.8) is 0 Å². The third-order valence-corrected chi connectivity index (χ3v) is 5.10. The van der Waals surface area contributed by atoms with Gasteiger partial charge in [-0.1, -0.05) is 56.7 Å². The van der Waals surface area contributed by atoms with Crippen LogP contribution in [-0.2, 0) is 6.42 Å². The highest BCUT2D eigenvalue weighted by molar-refractivity contribution is 5.97. The van der Waals surface area contributed by atoms with Crippen LogP contribution in [0.15, 0.2) is 42.5 Å². The lowest BCUT2D eigenvalue weighted by molar-refractivity contribution is 0.204. The predicted octanol–water partition coefficient (Wildman–Crippen LogP) is 5.11. The molecule has 1 fully saturated rings. The Balaban J connectivity index is 1.76. The number of benzene rings is 2. The van der Waals surface area contributed by atoms with Gasteiger partial charge in [-0.15, -0.1) is 0 Å². The van der Waals surface area contributed by atoms with Gasteiger partial charge in [-0.05, 0) is 36.5 Å². The third-order valence-electron chi connectivity index (χ3n) is 5.10. The second kappa shape index (κ2) is 7.02. The molecule has 1 N–H and O–H groups in total. The molecule has 1 aliphatic heterocycles. The number of carbonyl (C=O) groups excluding carboxylic acids is 1. The van der Waals surface area contributed by atoms with Crippen LogP contribution in [0.5, 0.6) is 5.75 Å². The van der Waals surface area contributed by atoms with E-state index in [1.807, 2.05) is 17.0 Å². The van der Waals surface area contributed by atoms with Crippen LogP contribution in [0.2, 0.25) is 0 Å². The Kier molecular flexibility index (Phi) is 4.58. The van der Waals surface area contributed by atoms with Gasteiger partial charge in [0.1, 0.15) is 5.75 Å². The van der Waals surface area contributed by atoms with Gasteiger partial charge in [-0.3, -0.25) is 4.90 Å². The van der Waals surface area contributed by atoms with E-state index < -0.39 is 0 Å². The van der Waals surface area contributed by atoms with E-state index in [1.165, 1.54) is 16.7 Å². The van der Waals surface area contributed by atoms with Crippen LogP contribution in [0.4, 0.5) is 10.5 Å². The summed E-state index contributed by atoms with van der Waals surface area (Å²) in [7, 11) is 0. The highest BCUT2D eigenvalue weighted by atomic mass is 16.5. The summed E-state index contributed by atoms with van der Waals surface area (Å²) in [5.74, 6) is 0.881. The Hall–Kier alpha value is -2.49. The van der Waals surface area contributed by atoms with E-state index >= 15 is 0 Å². The maximum atomic E-state index is 12.8. The lowest BCUT2D eigenvalue weighted by atomic mass is 9.95. The molecule has 1 atom stereocenters. The molecule has 1 unspecified atom stereocenters. The largest absolute Gasteiger partial charge is 0.468 e. The van der Waals surface area contributed by atoms with Gasteiger partial charge in [0.05, 0.1) is 5.69 Å². The summed E-state index contributed by atoms with van der Waals surface area (Å²) in [6.07, 6.45) is 4.66. The van der Waals surface area contributed by atoms with Crippen molar-refractivity contribution in [1.82, 2.24) is 5.32 Å². The molecular weight excluding hydrogens is 324 g/mol. The Bertz CT molecular complexity index is 799. The minimum Gasteiger partial charge on any atom is -0.468 e. The minimum atomic E-state index is -0.231. The number of rotatable bonds is 5. The molecule has 0 radical (unpaired) electrons. The summed E-state index contributed by atoms with van der Waals surface area (Å²) in [6, 6.07) is 14.9. The van der Waals surface area contributed by atoms with Crippen molar-refractivity contribution < 1.29 is 9.53 Å². The minimum absolute atomic E-state index is 0.0343. The fourth-order valence-corrected chi connectivity index (χ4v) is 3.64. The first-order chi connectivity index (χ1) is 12.7. The van der Waals surface area contributed by atoms with Crippen molar-refractivity contribution in [1.29, 1.82) is 0 Å². The monoisotopic (exact) mass is 350 g/mol. The molecule has 0 bridgehead atoms. The average Bonchev–Trinajstić information content (AvgIpc) is 3.39. The van der Waals surface area contributed by atoms with Crippen molar-refractivity contribution in [2.75, 3.05) is 4.90 Å². The molecule has 2 amide bonds. The van der Waals surface area contributed by atoms with Crippen molar-refractivity contribution in [3.05, 3.63) is 48.0 Å². The van der Waals surface area contributed by atoms with E-state index in [0.29, 0.717) is 6.04 Å². The van der Waals surface area contributed by atoms with E-state index in [2.05, 4.69) is 49.5 Å². The van der Waals surface area contributed by atoms with Crippen molar-refractivity contribution in [3.8, 4) is 16.9 Å². The van der Waals surface area contributed by atoms with E-state index in [-0.39, 0.29) is 12.3 Å². The fourth-order valence-electron chi connectivity index (χ4n) is 3.64. The van der Waals surface area contributed by atoms with E-state index in [4.69, 9.17) is 4.74 Å². The van der Waals surface area contributed by atoms with Gasteiger partial charge in [0.2, 0.25) is 0 Å². The summed E-state index contributed by atoms with van der Waals surface area (Å²) in [5.41, 5.74) is 4.50. The molecule has 4 rings (SSSR count). The Morgan fingerprint density at radius 2 is 1.92 bits per heavy atom. The number of hydrogen-bond donors (Lipinski definition) is 1. The Labute approximate surface area is 155 Å². The predicted molar refractivity (Wildman–Crippen MR) is 105 cm³/mol. The average molecular weight is 350 g/mol. The van der Waals surface area contributed by atoms with Gasteiger partial charge in [0.15, 0.2) is 6.23 Å². The number of fused-ring (bicyclic) bond motifs is 1. The maximum absolute atomic E-state index is 12.8. The number of urea groups is 1. The first kappa shape index (κ1) is 17.0. The molecule has 26 heavy (non-hydrogen) atoms. The van der Waals surface area contributed by atoms with E-state index in [9.17, 15) is 4.79 Å². The van der Waals surface area contributed by atoms with Gasteiger partial charge in [0, 0.05) is 18.0 Å². The summed E-state index contributed by atoms with van der Waals surface area (Å²) in [6.45, 7) is 4.24. The van der Waals surface area contributed by atoms with Gasteiger partial charge in [-0.25, -0.2) is 4.79 Å². The van der Waals surface area contributed by atoms with Crippen LogP contribution in [0, 0.1) is 0 Å². The molecule has 1 heterocycles. The first-order valence-corrected chi connectivity index (χ1v) is 9.70. The number of amides is 2. The molecule has 4 nitrogen and oxygen atoms in total. The molecule has 2 aromatic rings. The fraction of sp³-hybridized carbons (Fsp3) is 0.409. The SMILES string of the molecule is CCCc1c(-c2ccccc2)ccc2c1OC(CC)N2C(=O)NC1CC1. The van der Waals surface area contributed by atoms with Gasteiger partial charge in [0.25, 0.3) is 0 Å². The van der Waals surface area contributed by atoms with E-state index in [1.54, 1.807) is 0 Å². The summed E-state index contributed by atoms with van der Waals surface area (Å²) < 4.78 is 6.30. The van der Waals surface area contributed by atoms with Crippen LogP contribution in [0.1, 0.15) is 45.1 Å². The summed E-state index contributed by atoms with van der Waals surface area (Å²) in [4.78, 5) is 14.6. The molecule has 4 heteroatoms. The number of ether oxygens (including phenoxy) is 1. The van der Waals surface area contributed by atoms with Crippen LogP contribution in [-0.4, -0.2) is 18.3 Å². The van der Waals surface area contributed by atoms with E-state index in [0.717, 1.165) is 43.5 Å². The molecule has 0 saturated heterocycles. The molecule has 1 aliphatic carbocycles. The molecule has 1 saturated carbocycles. The number of carbonyl (C=O) groups is 1. The number of hydrogen-bond acceptors (Lipinski definition) is 2.